The van der Waals surface area contributed by atoms with Crippen molar-refractivity contribution in [3.05, 3.63) is 24.3 Å². The lowest BCUT2D eigenvalue weighted by atomic mass is 10.1. The van der Waals surface area contributed by atoms with Crippen LogP contribution in [0.4, 0.5) is 0 Å². The van der Waals surface area contributed by atoms with E-state index in [0.717, 1.165) is 5.30 Å². The fourth-order valence-corrected chi connectivity index (χ4v) is 5.84. The zero-order valence-electron chi connectivity index (χ0n) is 16.0. The number of benzene rings is 1. The second kappa shape index (κ2) is 9.27. The Labute approximate surface area is 151 Å². The average molecular weight is 391 g/mol. The number of rotatable bonds is 5. The third-order valence-corrected chi connectivity index (χ3v) is 6.76. The molecule has 7 heteroatoms. The van der Waals surface area contributed by atoms with E-state index in [1.807, 2.05) is 44.4 Å². The molecule has 0 aliphatic carbocycles. The lowest BCUT2D eigenvalue weighted by molar-refractivity contribution is -0.120. The van der Waals surface area contributed by atoms with E-state index >= 15 is 0 Å². The van der Waals surface area contributed by atoms with Gasteiger partial charge < -0.3 is 14.4 Å². The largest absolute Gasteiger partial charge is 0.351 e. The molecule has 0 saturated heterocycles. The number of amides is 1. The molecule has 138 valence electrons. The fourth-order valence-electron chi connectivity index (χ4n) is 2.41. The van der Waals surface area contributed by atoms with Crippen LogP contribution in [0.3, 0.4) is 0 Å². The Balaban J connectivity index is 0.000000441. The zero-order valence-corrected chi connectivity index (χ0v) is 18.6. The van der Waals surface area contributed by atoms with Gasteiger partial charge in [-0.15, -0.1) is 11.8 Å². The summed E-state index contributed by atoms with van der Waals surface area (Å²) in [7, 11) is -4.13. The molecule has 0 aliphatic heterocycles. The fraction of sp³-hybridized carbons (Fsp3) is 0.588. The molecule has 0 fully saturated rings. The molecule has 1 amide bonds. The number of hydrogen-bond acceptors (Lipinski definition) is 4. The zero-order chi connectivity index (χ0) is 19.2. The second-order valence-corrected chi connectivity index (χ2v) is 14.9. The molecule has 1 aromatic rings. The van der Waals surface area contributed by atoms with Gasteiger partial charge in [-0.2, -0.15) is 0 Å². The van der Waals surface area contributed by atoms with Crippen LogP contribution in [0.1, 0.15) is 20.8 Å². The molecule has 0 unspecified atom stereocenters. The molecule has 0 heterocycles. The number of nitrogens with one attached hydrogen (secondary N) is 1. The lowest BCUT2D eigenvalue weighted by Gasteiger charge is -2.27. The Morgan fingerprint density at radius 3 is 2.08 bits per heavy atom. The van der Waals surface area contributed by atoms with E-state index < -0.39 is 14.3 Å². The highest BCUT2D eigenvalue weighted by atomic mass is 32.2. The molecule has 1 rings (SSSR count). The molecule has 0 aromatic heterocycles. The highest BCUT2D eigenvalue weighted by Crippen LogP contribution is 2.39. The van der Waals surface area contributed by atoms with Crippen molar-refractivity contribution in [1.82, 2.24) is 5.32 Å². The molecule has 0 bridgehead atoms. The van der Waals surface area contributed by atoms with Crippen LogP contribution in [0.5, 0.6) is 0 Å². The molecular weight excluding hydrogens is 360 g/mol. The summed E-state index contributed by atoms with van der Waals surface area (Å²) in [6, 6.07) is 7.93. The van der Waals surface area contributed by atoms with E-state index in [0.29, 0.717) is 6.16 Å². The van der Waals surface area contributed by atoms with Crippen molar-refractivity contribution in [3.8, 4) is 0 Å². The summed E-state index contributed by atoms with van der Waals surface area (Å²) in [5, 5.41) is 3.73. The molecule has 0 saturated carbocycles. The maximum absolute atomic E-state index is 11.7. The third-order valence-electron chi connectivity index (χ3n) is 2.97. The smallest absolute Gasteiger partial charge is 0.217 e. The number of carbonyl (C=O) groups excluding carboxylic acids is 1. The summed E-state index contributed by atoms with van der Waals surface area (Å²) in [6.07, 6.45) is 2.56. The van der Waals surface area contributed by atoms with Gasteiger partial charge in [-0.25, -0.2) is 0 Å². The molecule has 1 N–H and O–H groups in total. The van der Waals surface area contributed by atoms with E-state index in [2.05, 4.69) is 5.32 Å². The molecule has 0 atom stereocenters. The van der Waals surface area contributed by atoms with Crippen molar-refractivity contribution in [3.63, 3.8) is 0 Å². The van der Waals surface area contributed by atoms with Crippen molar-refractivity contribution < 1.29 is 13.9 Å². The van der Waals surface area contributed by atoms with Crippen LogP contribution in [0.2, 0.25) is 0 Å². The Morgan fingerprint density at radius 1 is 1.17 bits per heavy atom. The summed E-state index contributed by atoms with van der Waals surface area (Å²) >= 11 is 1.68. The molecule has 0 spiro atoms. The van der Waals surface area contributed by atoms with Crippen LogP contribution in [0.15, 0.2) is 29.2 Å². The Kier molecular flexibility index (Phi) is 9.07. The van der Waals surface area contributed by atoms with Gasteiger partial charge in [-0.05, 0) is 58.9 Å². The predicted molar refractivity (Wildman–Crippen MR) is 110 cm³/mol. The molecule has 4 nitrogen and oxygen atoms in total. The van der Waals surface area contributed by atoms with Crippen LogP contribution in [-0.4, -0.2) is 50.5 Å². The molecule has 0 aliphatic rings. The van der Waals surface area contributed by atoms with Crippen molar-refractivity contribution in [1.29, 1.82) is 0 Å². The van der Waals surface area contributed by atoms with E-state index in [1.54, 1.807) is 38.4 Å². The van der Waals surface area contributed by atoms with Crippen LogP contribution < -0.4 is 10.6 Å². The van der Waals surface area contributed by atoms with Gasteiger partial charge in [-0.3, -0.25) is 4.79 Å². The van der Waals surface area contributed by atoms with Gasteiger partial charge in [0, 0.05) is 28.8 Å². The van der Waals surface area contributed by atoms with E-state index in [1.165, 1.54) is 11.8 Å². The normalized spacial score (nSPS) is 12.2. The Hall–Kier alpha value is -0.500. The first-order valence-electron chi connectivity index (χ1n) is 7.69. The van der Waals surface area contributed by atoms with Crippen LogP contribution >= 0.6 is 26.0 Å². The number of hydrogen-bond donors (Lipinski definition) is 1. The van der Waals surface area contributed by atoms with Gasteiger partial charge in [0.2, 0.25) is 5.91 Å². The summed E-state index contributed by atoms with van der Waals surface area (Å²) in [5.41, 5.74) is -0.356. The van der Waals surface area contributed by atoms with Gasteiger partial charge >= 0.3 is 0 Å². The minimum atomic E-state index is -2.07. The maximum atomic E-state index is 11.7. The van der Waals surface area contributed by atoms with E-state index in [9.17, 15) is 13.9 Å². The van der Waals surface area contributed by atoms with Crippen LogP contribution in [0, 0.1) is 0 Å². The second-order valence-electron chi connectivity index (χ2n) is 7.35. The van der Waals surface area contributed by atoms with Crippen molar-refractivity contribution in [2.45, 2.75) is 31.2 Å². The van der Waals surface area contributed by atoms with Gasteiger partial charge in [0.25, 0.3) is 0 Å². The highest BCUT2D eigenvalue weighted by Gasteiger charge is 2.24. The molecule has 0 radical (unpaired) electrons. The quantitative estimate of drug-likeness (QED) is 0.604. The summed E-state index contributed by atoms with van der Waals surface area (Å²) < 4.78 is 23.1. The van der Waals surface area contributed by atoms with Crippen LogP contribution in [0.25, 0.3) is 0 Å². The molecular formula is C17H31NO3P2S. The van der Waals surface area contributed by atoms with Crippen molar-refractivity contribution in [2.24, 2.45) is 0 Å². The number of carbonyl (C=O) groups is 1. The summed E-state index contributed by atoms with van der Waals surface area (Å²) in [5.74, 6) is -0.0755. The van der Waals surface area contributed by atoms with Gasteiger partial charge in [0.1, 0.15) is 7.14 Å². The first kappa shape index (κ1) is 23.5. The van der Waals surface area contributed by atoms with E-state index in [4.69, 9.17) is 0 Å². The minimum absolute atomic E-state index is 0.0755. The average Bonchev–Trinajstić information content (AvgIpc) is 2.34. The van der Waals surface area contributed by atoms with E-state index in [-0.39, 0.29) is 11.4 Å². The lowest BCUT2D eigenvalue weighted by Crippen LogP contribution is -2.45. The third kappa shape index (κ3) is 11.1. The van der Waals surface area contributed by atoms with Crippen LogP contribution in [-0.2, 0) is 13.9 Å². The van der Waals surface area contributed by atoms with Gasteiger partial charge in [0.05, 0.1) is 7.14 Å². The van der Waals surface area contributed by atoms with Gasteiger partial charge in [0.15, 0.2) is 0 Å². The Bertz CT molecular complexity index is 647. The SMILES string of the molecule is CC(=O)NC(C)(C)CP(C)(C)=O.CSc1cccc(P(C)(C)=O)c1. The predicted octanol–water partition coefficient (Wildman–Crippen LogP) is 4.18. The maximum Gasteiger partial charge on any atom is 0.217 e. The highest BCUT2D eigenvalue weighted by molar-refractivity contribution is 7.98. The minimum Gasteiger partial charge on any atom is -0.351 e. The first-order valence-corrected chi connectivity index (χ1v) is 14.3. The monoisotopic (exact) mass is 391 g/mol. The standard InChI is InChI=1S/C9H13OPS.C8H18NO2P/c1-11(2,10)8-5-4-6-9(7-8)12-3;1-7(10)9-8(2,3)6-12(4,5)11/h4-7H,1-3H3;6H2,1-5H3,(H,9,10). The van der Waals surface area contributed by atoms with Crippen molar-refractivity contribution >= 4 is 37.3 Å². The Morgan fingerprint density at radius 2 is 1.71 bits per heavy atom. The topological polar surface area (TPSA) is 63.2 Å². The van der Waals surface area contributed by atoms with Crippen molar-refractivity contribution in [2.75, 3.05) is 39.1 Å². The first-order chi connectivity index (χ1) is 10.7. The molecule has 24 heavy (non-hydrogen) atoms. The number of thioether (sulfide) groups is 1. The molecule has 1 aromatic carbocycles. The summed E-state index contributed by atoms with van der Waals surface area (Å²) in [4.78, 5) is 11.9. The summed E-state index contributed by atoms with van der Waals surface area (Å²) in [6.45, 7) is 12.3. The van der Waals surface area contributed by atoms with Gasteiger partial charge in [-0.1, -0.05) is 12.1 Å².